The van der Waals surface area contributed by atoms with Gasteiger partial charge in [0.25, 0.3) is 0 Å². The molecule has 8 heteroatoms. The number of halogens is 4. The molecule has 1 rings (SSSR count). The van der Waals surface area contributed by atoms with Crippen molar-refractivity contribution in [3.05, 3.63) is 33.8 Å². The fourth-order valence-electron chi connectivity index (χ4n) is 1.93. The molecule has 0 radical (unpaired) electrons. The molecule has 0 saturated carbocycles. The highest BCUT2D eigenvalue weighted by atomic mass is 79.9. The van der Waals surface area contributed by atoms with E-state index in [1.54, 1.807) is 0 Å². The number of benzene rings is 1. The van der Waals surface area contributed by atoms with Gasteiger partial charge in [-0.15, -0.1) is 0 Å². The summed E-state index contributed by atoms with van der Waals surface area (Å²) < 4.78 is 36.6. The molecule has 0 unspecified atom stereocenters. The van der Waals surface area contributed by atoms with E-state index in [0.29, 0.717) is 13.2 Å². The first-order valence-electron chi connectivity index (χ1n) is 8.29. The molecule has 0 N–H and O–H groups in total. The van der Waals surface area contributed by atoms with Crippen molar-refractivity contribution in [2.75, 3.05) is 19.8 Å². The van der Waals surface area contributed by atoms with Crippen LogP contribution in [0.5, 0.6) is 11.5 Å². The lowest BCUT2D eigenvalue weighted by atomic mass is 10.2. The largest absolute Gasteiger partial charge is 0.489 e. The Kier molecular flexibility index (Phi) is 11.3. The van der Waals surface area contributed by atoms with E-state index in [-0.39, 0.29) is 23.1 Å². The third-order valence-electron chi connectivity index (χ3n) is 3.08. The zero-order valence-corrected chi connectivity index (χ0v) is 17.2. The smallest absolute Gasteiger partial charge is 0.173 e. The normalized spacial score (nSPS) is 11.2. The minimum absolute atomic E-state index is 0.00248. The summed E-state index contributed by atoms with van der Waals surface area (Å²) in [5.41, 5.74) is 0.889. The molecule has 0 fully saturated rings. The topological polar surface area (TPSA) is 40.0 Å². The first-order chi connectivity index (χ1) is 12.4. The van der Waals surface area contributed by atoms with Crippen molar-refractivity contribution < 1.29 is 23.1 Å². The van der Waals surface area contributed by atoms with Crippen LogP contribution in [0.3, 0.4) is 0 Å². The van der Waals surface area contributed by atoms with Gasteiger partial charge in [0.05, 0.1) is 17.3 Å². The molecule has 4 nitrogen and oxygen atoms in total. The average Bonchev–Trinajstić information content (AvgIpc) is 2.54. The highest BCUT2D eigenvalue weighted by Gasteiger charge is 2.12. The maximum absolute atomic E-state index is 14.1. The maximum atomic E-state index is 14.1. The van der Waals surface area contributed by atoms with Crippen LogP contribution in [0, 0.1) is 5.82 Å². The number of nitrogens with zero attached hydrogens (tertiary/aromatic N) is 1. The summed E-state index contributed by atoms with van der Waals surface area (Å²) in [6.07, 6.45) is 4.75. The van der Waals surface area contributed by atoms with Gasteiger partial charge in [-0.1, -0.05) is 16.8 Å². The molecule has 0 saturated heterocycles. The van der Waals surface area contributed by atoms with Crippen LogP contribution in [-0.2, 0) is 4.84 Å². The van der Waals surface area contributed by atoms with E-state index >= 15 is 0 Å². The van der Waals surface area contributed by atoms with Gasteiger partial charge in [-0.3, -0.25) is 0 Å². The van der Waals surface area contributed by atoms with Gasteiger partial charge in [0.15, 0.2) is 16.3 Å². The van der Waals surface area contributed by atoms with Crippen LogP contribution < -0.4 is 9.47 Å². The fraction of sp³-hybridized carbons (Fsp3) is 0.500. The van der Waals surface area contributed by atoms with Crippen LogP contribution in [0.1, 0.15) is 39.5 Å². The minimum atomic E-state index is -0.614. The first-order valence-corrected chi connectivity index (χ1v) is 9.46. The van der Waals surface area contributed by atoms with Crippen LogP contribution in [0.25, 0.3) is 0 Å². The average molecular weight is 455 g/mol. The molecule has 1 aromatic carbocycles. The summed E-state index contributed by atoms with van der Waals surface area (Å²) in [5, 5.41) is 3.97. The Bertz CT molecular complexity index is 595. The number of hydrogen-bond donors (Lipinski definition) is 0. The standard InChI is InChI=1S/C18H23BrClF2NO3/c1-13(2)23-26-9-6-4-3-5-8-25-18-15(20)11-14(12-16(18)21)24-10-7-17(19)22/h7,11-12H,3-6,8-10H2,1-2H3/b17-7-. The molecule has 0 atom stereocenters. The summed E-state index contributed by atoms with van der Waals surface area (Å²) in [4.78, 5) is 5.11. The van der Waals surface area contributed by atoms with Gasteiger partial charge in [0.1, 0.15) is 19.0 Å². The van der Waals surface area contributed by atoms with Gasteiger partial charge in [0.2, 0.25) is 0 Å². The summed E-state index contributed by atoms with van der Waals surface area (Å²) in [6, 6.07) is 2.60. The van der Waals surface area contributed by atoms with Gasteiger partial charge < -0.3 is 14.3 Å². The van der Waals surface area contributed by atoms with Crippen molar-refractivity contribution >= 4 is 33.2 Å². The fourth-order valence-corrected chi connectivity index (χ4v) is 2.31. The molecule has 146 valence electrons. The van der Waals surface area contributed by atoms with Crippen molar-refractivity contribution in [3.8, 4) is 11.5 Å². The molecule has 0 bridgehead atoms. The lowest BCUT2D eigenvalue weighted by Gasteiger charge is -2.11. The third kappa shape index (κ3) is 9.97. The number of rotatable bonds is 12. The minimum Gasteiger partial charge on any atom is -0.489 e. The van der Waals surface area contributed by atoms with Gasteiger partial charge >= 0.3 is 0 Å². The number of oxime groups is 1. The zero-order chi connectivity index (χ0) is 19.4. The predicted octanol–water partition coefficient (Wildman–Crippen LogP) is 6.42. The molecule has 1 aromatic rings. The molecule has 0 aliphatic heterocycles. The third-order valence-corrected chi connectivity index (χ3v) is 3.69. The van der Waals surface area contributed by atoms with Gasteiger partial charge in [0, 0.05) is 12.1 Å². The quantitative estimate of drug-likeness (QED) is 0.208. The van der Waals surface area contributed by atoms with E-state index in [9.17, 15) is 8.78 Å². The Morgan fingerprint density at radius 2 is 1.85 bits per heavy atom. The molecule has 0 aliphatic carbocycles. The monoisotopic (exact) mass is 453 g/mol. The van der Waals surface area contributed by atoms with Crippen LogP contribution in [-0.4, -0.2) is 25.5 Å². The van der Waals surface area contributed by atoms with Crippen LogP contribution >= 0.6 is 27.5 Å². The molecule has 0 heterocycles. The molecule has 0 spiro atoms. The van der Waals surface area contributed by atoms with Crippen molar-refractivity contribution in [2.24, 2.45) is 5.16 Å². The number of unbranched alkanes of at least 4 members (excludes halogenated alkanes) is 3. The van der Waals surface area contributed by atoms with E-state index in [0.717, 1.165) is 43.5 Å². The molecule has 0 aromatic heterocycles. The van der Waals surface area contributed by atoms with Crippen molar-refractivity contribution in [1.29, 1.82) is 0 Å². The summed E-state index contributed by atoms with van der Waals surface area (Å²) in [5.74, 6) is -0.413. The van der Waals surface area contributed by atoms with Crippen LogP contribution in [0.2, 0.25) is 5.02 Å². The first kappa shape index (κ1) is 22.7. The highest BCUT2D eigenvalue weighted by Crippen LogP contribution is 2.32. The van der Waals surface area contributed by atoms with Gasteiger partial charge in [-0.25, -0.2) is 4.39 Å². The highest BCUT2D eigenvalue weighted by molar-refractivity contribution is 9.11. The van der Waals surface area contributed by atoms with Crippen LogP contribution in [0.15, 0.2) is 28.1 Å². The molecular formula is C18H23BrClF2NO3. The van der Waals surface area contributed by atoms with Crippen LogP contribution in [0.4, 0.5) is 8.78 Å². The Hall–Kier alpha value is -1.34. The summed E-state index contributed by atoms with van der Waals surface area (Å²) in [7, 11) is 0. The lowest BCUT2D eigenvalue weighted by molar-refractivity contribution is 0.139. The Balaban J connectivity index is 2.30. The van der Waals surface area contributed by atoms with Crippen molar-refractivity contribution in [3.63, 3.8) is 0 Å². The lowest BCUT2D eigenvalue weighted by Crippen LogP contribution is -2.02. The molecule has 0 aliphatic rings. The second-order valence-electron chi connectivity index (χ2n) is 5.66. The van der Waals surface area contributed by atoms with E-state index in [2.05, 4.69) is 21.1 Å². The van der Waals surface area contributed by atoms with E-state index in [1.165, 1.54) is 6.07 Å². The maximum Gasteiger partial charge on any atom is 0.173 e. The Labute approximate surface area is 166 Å². The summed E-state index contributed by atoms with van der Waals surface area (Å²) in [6.45, 7) is 4.66. The van der Waals surface area contributed by atoms with E-state index in [1.807, 2.05) is 13.8 Å². The predicted molar refractivity (Wildman–Crippen MR) is 104 cm³/mol. The Morgan fingerprint density at radius 3 is 2.46 bits per heavy atom. The second kappa shape index (κ2) is 12.9. The van der Waals surface area contributed by atoms with Crippen molar-refractivity contribution in [2.45, 2.75) is 39.5 Å². The van der Waals surface area contributed by atoms with Crippen molar-refractivity contribution in [1.82, 2.24) is 0 Å². The van der Waals surface area contributed by atoms with E-state index < -0.39 is 10.6 Å². The van der Waals surface area contributed by atoms with Gasteiger partial charge in [-0.05, 0) is 61.5 Å². The molecule has 26 heavy (non-hydrogen) atoms. The van der Waals surface area contributed by atoms with Gasteiger partial charge in [-0.2, -0.15) is 4.39 Å². The number of hydrogen-bond acceptors (Lipinski definition) is 4. The SMILES string of the molecule is CC(C)=NOCCCCCCOc1c(F)cc(OC/C=C(\F)Br)cc1Cl. The number of ether oxygens (including phenoxy) is 2. The molecule has 0 amide bonds. The zero-order valence-electron chi connectivity index (χ0n) is 14.9. The van der Waals surface area contributed by atoms with E-state index in [4.69, 9.17) is 25.9 Å². The second-order valence-corrected chi connectivity index (χ2v) is 6.82. The molecular weight excluding hydrogens is 432 g/mol. The Morgan fingerprint density at radius 1 is 1.15 bits per heavy atom. The summed E-state index contributed by atoms with van der Waals surface area (Å²) >= 11 is 8.66.